The molecule has 0 fully saturated rings. The molecule has 0 saturated heterocycles. The molecule has 5 unspecified atom stereocenters. The van der Waals surface area contributed by atoms with Crippen molar-refractivity contribution in [3.63, 3.8) is 0 Å². The summed E-state index contributed by atoms with van der Waals surface area (Å²) in [5.41, 5.74) is 11.0. The minimum atomic E-state index is -1.18. The fourth-order valence-corrected chi connectivity index (χ4v) is 2.39. The van der Waals surface area contributed by atoms with E-state index in [1.165, 1.54) is 13.8 Å². The highest BCUT2D eigenvalue weighted by Crippen LogP contribution is 2.10. The monoisotopic (exact) mass is 401 g/mol. The summed E-state index contributed by atoms with van der Waals surface area (Å²) in [5.74, 6) is -2.94. The molecular formula is C18H35N5O5. The summed E-state index contributed by atoms with van der Waals surface area (Å²) < 4.78 is 0. The lowest BCUT2D eigenvalue weighted by atomic mass is 9.97. The molecule has 0 aromatic rings. The van der Waals surface area contributed by atoms with Crippen LogP contribution in [0.25, 0.3) is 0 Å². The first-order valence-electron chi connectivity index (χ1n) is 9.64. The fraction of sp³-hybridized carbons (Fsp3) is 0.778. The average molecular weight is 402 g/mol. The topological polar surface area (TPSA) is 177 Å². The van der Waals surface area contributed by atoms with Crippen LogP contribution in [0.5, 0.6) is 0 Å². The van der Waals surface area contributed by atoms with E-state index < -0.39 is 47.9 Å². The Balaban J connectivity index is 5.29. The molecule has 162 valence electrons. The summed E-state index contributed by atoms with van der Waals surface area (Å²) in [6.45, 7) is 6.97. The van der Waals surface area contributed by atoms with E-state index in [2.05, 4.69) is 16.0 Å². The zero-order valence-corrected chi connectivity index (χ0v) is 17.2. The zero-order valence-electron chi connectivity index (χ0n) is 17.2. The van der Waals surface area contributed by atoms with E-state index in [1.54, 1.807) is 0 Å². The first kappa shape index (κ1) is 25.8. The van der Waals surface area contributed by atoms with Gasteiger partial charge in [-0.3, -0.25) is 19.2 Å². The maximum Gasteiger partial charge on any atom is 0.325 e. The molecule has 0 aliphatic carbocycles. The van der Waals surface area contributed by atoms with Gasteiger partial charge in [0.25, 0.3) is 0 Å². The molecule has 3 amide bonds. The molecule has 0 saturated carbocycles. The van der Waals surface area contributed by atoms with Gasteiger partial charge in [-0.05, 0) is 45.6 Å². The Hall–Kier alpha value is -2.20. The molecule has 0 rings (SSSR count). The number of unbranched alkanes of at least 4 members (excludes halogenated alkanes) is 1. The number of aliphatic carboxylic acids is 1. The van der Waals surface area contributed by atoms with Crippen LogP contribution in [-0.2, 0) is 19.2 Å². The summed E-state index contributed by atoms with van der Waals surface area (Å²) in [4.78, 5) is 48.2. The van der Waals surface area contributed by atoms with E-state index >= 15 is 0 Å². The van der Waals surface area contributed by atoms with Gasteiger partial charge in [-0.1, -0.05) is 20.3 Å². The number of rotatable bonds is 13. The Morgan fingerprint density at radius 3 is 2.00 bits per heavy atom. The minimum Gasteiger partial charge on any atom is -0.480 e. The number of carbonyl (C=O) groups is 4. The fourth-order valence-electron chi connectivity index (χ4n) is 2.39. The lowest BCUT2D eigenvalue weighted by Gasteiger charge is -2.27. The summed E-state index contributed by atoms with van der Waals surface area (Å²) in [5, 5.41) is 16.6. The third kappa shape index (κ3) is 9.14. The van der Waals surface area contributed by atoms with Crippen LogP contribution in [0.4, 0.5) is 0 Å². The predicted octanol–water partition coefficient (Wildman–Crippen LogP) is -0.932. The van der Waals surface area contributed by atoms with E-state index in [1.807, 2.05) is 13.8 Å². The van der Waals surface area contributed by atoms with Crippen LogP contribution in [0.1, 0.15) is 53.4 Å². The number of carboxylic acids is 1. The molecule has 28 heavy (non-hydrogen) atoms. The molecule has 8 N–H and O–H groups in total. The van der Waals surface area contributed by atoms with Gasteiger partial charge in [0.2, 0.25) is 17.7 Å². The molecule has 0 aromatic carbocycles. The third-order valence-corrected chi connectivity index (χ3v) is 4.52. The van der Waals surface area contributed by atoms with Gasteiger partial charge in [-0.25, -0.2) is 0 Å². The molecular weight excluding hydrogens is 366 g/mol. The number of carboxylic acid groups (broad SMARTS) is 1. The SMILES string of the molecule is CCC(C)C(NC(=O)C(C)N)C(=O)NC(CCCCN)C(=O)NC(C)C(=O)O. The van der Waals surface area contributed by atoms with Crippen molar-refractivity contribution in [2.45, 2.75) is 77.5 Å². The molecule has 0 aliphatic rings. The number of hydrogen-bond acceptors (Lipinski definition) is 6. The molecule has 0 aromatic heterocycles. The zero-order chi connectivity index (χ0) is 21.9. The maximum absolute atomic E-state index is 12.8. The van der Waals surface area contributed by atoms with Crippen molar-refractivity contribution in [3.8, 4) is 0 Å². The highest BCUT2D eigenvalue weighted by atomic mass is 16.4. The summed E-state index contributed by atoms with van der Waals surface area (Å²) >= 11 is 0. The Labute approximate surface area is 166 Å². The van der Waals surface area contributed by atoms with Crippen LogP contribution in [0.3, 0.4) is 0 Å². The van der Waals surface area contributed by atoms with Gasteiger partial charge in [-0.15, -0.1) is 0 Å². The van der Waals surface area contributed by atoms with Crippen LogP contribution in [0.2, 0.25) is 0 Å². The molecule has 0 spiro atoms. The predicted molar refractivity (Wildman–Crippen MR) is 105 cm³/mol. The molecule has 0 bridgehead atoms. The smallest absolute Gasteiger partial charge is 0.325 e. The second-order valence-corrected chi connectivity index (χ2v) is 7.07. The van der Waals surface area contributed by atoms with Crippen molar-refractivity contribution in [1.82, 2.24) is 16.0 Å². The van der Waals surface area contributed by atoms with E-state index in [4.69, 9.17) is 16.6 Å². The Morgan fingerprint density at radius 1 is 0.929 bits per heavy atom. The van der Waals surface area contributed by atoms with Crippen LogP contribution >= 0.6 is 0 Å². The molecule has 0 aliphatic heterocycles. The van der Waals surface area contributed by atoms with Crippen molar-refractivity contribution in [1.29, 1.82) is 0 Å². The number of nitrogens with two attached hydrogens (primary N) is 2. The van der Waals surface area contributed by atoms with Crippen molar-refractivity contribution in [3.05, 3.63) is 0 Å². The van der Waals surface area contributed by atoms with Crippen molar-refractivity contribution in [2.75, 3.05) is 6.54 Å². The number of amides is 3. The quantitative estimate of drug-likeness (QED) is 0.216. The molecule has 10 heteroatoms. The van der Waals surface area contributed by atoms with Gasteiger partial charge < -0.3 is 32.5 Å². The summed E-state index contributed by atoms with van der Waals surface area (Å²) in [6.07, 6.45) is 2.16. The van der Waals surface area contributed by atoms with Gasteiger partial charge in [0, 0.05) is 0 Å². The molecule has 0 radical (unpaired) electrons. The number of hydrogen-bond donors (Lipinski definition) is 6. The molecule has 10 nitrogen and oxygen atoms in total. The first-order valence-corrected chi connectivity index (χ1v) is 9.64. The van der Waals surface area contributed by atoms with Crippen LogP contribution in [-0.4, -0.2) is 59.5 Å². The van der Waals surface area contributed by atoms with Crippen LogP contribution < -0.4 is 27.4 Å². The van der Waals surface area contributed by atoms with E-state index in [0.717, 1.165) is 0 Å². The number of carbonyl (C=O) groups excluding carboxylic acids is 3. The van der Waals surface area contributed by atoms with E-state index in [-0.39, 0.29) is 5.92 Å². The third-order valence-electron chi connectivity index (χ3n) is 4.52. The summed E-state index contributed by atoms with van der Waals surface area (Å²) in [6, 6.07) is -3.66. The lowest BCUT2D eigenvalue weighted by molar-refractivity contribution is -0.142. The minimum absolute atomic E-state index is 0.187. The summed E-state index contributed by atoms with van der Waals surface area (Å²) in [7, 11) is 0. The van der Waals surface area contributed by atoms with Crippen LogP contribution in [0, 0.1) is 5.92 Å². The van der Waals surface area contributed by atoms with Gasteiger partial charge in [-0.2, -0.15) is 0 Å². The molecule has 5 atom stereocenters. The van der Waals surface area contributed by atoms with Gasteiger partial charge in [0.1, 0.15) is 18.1 Å². The lowest BCUT2D eigenvalue weighted by Crippen LogP contribution is -2.58. The Kier molecular flexibility index (Phi) is 12.0. The van der Waals surface area contributed by atoms with Crippen molar-refractivity contribution >= 4 is 23.7 Å². The second kappa shape index (κ2) is 13.1. The normalized spacial score (nSPS) is 16.2. The van der Waals surface area contributed by atoms with Crippen LogP contribution in [0.15, 0.2) is 0 Å². The van der Waals surface area contributed by atoms with Gasteiger partial charge >= 0.3 is 5.97 Å². The van der Waals surface area contributed by atoms with E-state index in [9.17, 15) is 19.2 Å². The van der Waals surface area contributed by atoms with Crippen molar-refractivity contribution < 1.29 is 24.3 Å². The Morgan fingerprint density at radius 2 is 1.54 bits per heavy atom. The van der Waals surface area contributed by atoms with Gasteiger partial charge in [0.15, 0.2) is 0 Å². The molecule has 0 heterocycles. The highest BCUT2D eigenvalue weighted by Gasteiger charge is 2.31. The average Bonchev–Trinajstić information content (AvgIpc) is 2.63. The van der Waals surface area contributed by atoms with Crippen molar-refractivity contribution in [2.24, 2.45) is 17.4 Å². The maximum atomic E-state index is 12.8. The van der Waals surface area contributed by atoms with E-state index in [0.29, 0.717) is 32.2 Å². The standard InChI is InChI=1S/C18H35N5O5/c1-5-10(2)14(23-15(24)11(3)20)17(26)22-13(8-6-7-9-19)16(25)21-12(4)18(27)28/h10-14H,5-9,19-20H2,1-4H3,(H,21,25)(H,22,26)(H,23,24)(H,27,28). The van der Waals surface area contributed by atoms with Gasteiger partial charge in [0.05, 0.1) is 6.04 Å². The number of nitrogens with one attached hydrogen (secondary N) is 3. The largest absolute Gasteiger partial charge is 0.480 e. The Bertz CT molecular complexity index is 540. The highest BCUT2D eigenvalue weighted by molar-refractivity contribution is 5.94. The first-order chi connectivity index (χ1) is 13.0. The second-order valence-electron chi connectivity index (χ2n) is 7.07.